The number of aryl methyl sites for hydroxylation is 1. The highest BCUT2D eigenvalue weighted by Gasteiger charge is 2.03. The molecule has 0 aliphatic carbocycles. The van der Waals surface area contributed by atoms with Crippen molar-refractivity contribution < 1.29 is 9.47 Å². The Morgan fingerprint density at radius 2 is 1.86 bits per heavy atom. The predicted molar refractivity (Wildman–Crippen MR) is 83.7 cm³/mol. The van der Waals surface area contributed by atoms with Crippen LogP contribution in [0.2, 0.25) is 0 Å². The second-order valence-electron chi connectivity index (χ2n) is 5.25. The smallest absolute Gasteiger partial charge is 0.130 e. The monoisotopic (exact) mass is 286 g/mol. The standard InChI is InChI=1S/C17H22N2O2/c1-12(18)8-14-4-6-16(7-5-14)21-11-15-10-17(20-3)9-13(2)19-15/h4-7,9-10,12H,8,11,18H2,1-3H3. The molecule has 0 fully saturated rings. The third-order valence-electron chi connectivity index (χ3n) is 3.08. The van der Waals surface area contributed by atoms with Gasteiger partial charge in [0.2, 0.25) is 0 Å². The Bertz CT molecular complexity index is 580. The van der Waals surface area contributed by atoms with Crippen LogP contribution in [0.25, 0.3) is 0 Å². The van der Waals surface area contributed by atoms with Crippen LogP contribution in [0.3, 0.4) is 0 Å². The summed E-state index contributed by atoms with van der Waals surface area (Å²) in [6.07, 6.45) is 0.872. The van der Waals surface area contributed by atoms with E-state index >= 15 is 0 Å². The van der Waals surface area contributed by atoms with Gasteiger partial charge in [-0.25, -0.2) is 0 Å². The maximum absolute atomic E-state index is 5.79. The zero-order chi connectivity index (χ0) is 15.2. The Labute approximate surface area is 125 Å². The number of nitrogens with zero attached hydrogens (tertiary/aromatic N) is 1. The Balaban J connectivity index is 1.98. The minimum atomic E-state index is 0.167. The molecule has 4 nitrogen and oxygen atoms in total. The van der Waals surface area contributed by atoms with E-state index < -0.39 is 0 Å². The van der Waals surface area contributed by atoms with E-state index in [0.29, 0.717) is 6.61 Å². The first-order valence-electron chi connectivity index (χ1n) is 7.05. The van der Waals surface area contributed by atoms with Crippen LogP contribution in [-0.2, 0) is 13.0 Å². The number of nitrogens with two attached hydrogens (primary N) is 1. The van der Waals surface area contributed by atoms with Crippen LogP contribution >= 0.6 is 0 Å². The minimum absolute atomic E-state index is 0.167. The third kappa shape index (κ3) is 4.76. The van der Waals surface area contributed by atoms with Crippen LogP contribution < -0.4 is 15.2 Å². The fourth-order valence-corrected chi connectivity index (χ4v) is 2.15. The van der Waals surface area contributed by atoms with E-state index in [1.54, 1.807) is 7.11 Å². The second-order valence-corrected chi connectivity index (χ2v) is 5.25. The summed E-state index contributed by atoms with van der Waals surface area (Å²) in [6, 6.07) is 12.0. The molecule has 4 heteroatoms. The zero-order valence-corrected chi connectivity index (χ0v) is 12.8. The lowest BCUT2D eigenvalue weighted by Crippen LogP contribution is -2.17. The summed E-state index contributed by atoms with van der Waals surface area (Å²) in [5.41, 5.74) is 8.77. The van der Waals surface area contributed by atoms with Gasteiger partial charge in [-0.3, -0.25) is 4.98 Å². The molecular weight excluding hydrogens is 264 g/mol. The van der Waals surface area contributed by atoms with Crippen molar-refractivity contribution in [2.24, 2.45) is 5.73 Å². The number of hydrogen-bond acceptors (Lipinski definition) is 4. The van der Waals surface area contributed by atoms with E-state index in [9.17, 15) is 0 Å². The quantitative estimate of drug-likeness (QED) is 0.887. The van der Waals surface area contributed by atoms with Gasteiger partial charge < -0.3 is 15.2 Å². The van der Waals surface area contributed by atoms with Gasteiger partial charge in [0.15, 0.2) is 0 Å². The van der Waals surface area contributed by atoms with Crippen molar-refractivity contribution in [3.63, 3.8) is 0 Å². The molecule has 0 bridgehead atoms. The Kier molecular flexibility index (Phi) is 5.17. The molecule has 1 aromatic heterocycles. The maximum atomic E-state index is 5.79. The van der Waals surface area contributed by atoms with Crippen molar-refractivity contribution in [2.75, 3.05) is 7.11 Å². The summed E-state index contributed by atoms with van der Waals surface area (Å²) < 4.78 is 11.0. The van der Waals surface area contributed by atoms with Crippen LogP contribution in [0.4, 0.5) is 0 Å². The number of rotatable bonds is 6. The largest absolute Gasteiger partial charge is 0.497 e. The first-order chi connectivity index (χ1) is 10.1. The van der Waals surface area contributed by atoms with Crippen molar-refractivity contribution in [3.05, 3.63) is 53.3 Å². The first-order valence-corrected chi connectivity index (χ1v) is 7.05. The number of pyridine rings is 1. The molecule has 21 heavy (non-hydrogen) atoms. The molecule has 0 spiro atoms. The molecule has 2 aromatic rings. The Morgan fingerprint density at radius 3 is 2.48 bits per heavy atom. The molecule has 1 atom stereocenters. The van der Waals surface area contributed by atoms with Crippen molar-refractivity contribution in [1.82, 2.24) is 4.98 Å². The van der Waals surface area contributed by atoms with Gasteiger partial charge in [0.1, 0.15) is 18.1 Å². The molecule has 1 heterocycles. The van der Waals surface area contributed by atoms with E-state index in [0.717, 1.165) is 29.3 Å². The predicted octanol–water partition coefficient (Wildman–Crippen LogP) is 2.87. The molecule has 2 N–H and O–H groups in total. The fourth-order valence-electron chi connectivity index (χ4n) is 2.15. The van der Waals surface area contributed by atoms with E-state index in [4.69, 9.17) is 15.2 Å². The Hall–Kier alpha value is -2.07. The highest BCUT2D eigenvalue weighted by atomic mass is 16.5. The molecule has 0 aliphatic heterocycles. The van der Waals surface area contributed by atoms with Crippen LogP contribution in [0.5, 0.6) is 11.5 Å². The highest BCUT2D eigenvalue weighted by molar-refractivity contribution is 5.29. The molecule has 112 valence electrons. The van der Waals surface area contributed by atoms with Gasteiger partial charge in [0.05, 0.1) is 12.8 Å². The topological polar surface area (TPSA) is 57.4 Å². The third-order valence-corrected chi connectivity index (χ3v) is 3.08. The van der Waals surface area contributed by atoms with Crippen molar-refractivity contribution in [1.29, 1.82) is 0 Å². The van der Waals surface area contributed by atoms with Crippen LogP contribution in [-0.4, -0.2) is 18.1 Å². The number of aromatic nitrogens is 1. The number of hydrogen-bond donors (Lipinski definition) is 1. The molecule has 0 radical (unpaired) electrons. The van der Waals surface area contributed by atoms with Crippen molar-refractivity contribution in [3.8, 4) is 11.5 Å². The lowest BCUT2D eigenvalue weighted by Gasteiger charge is -2.09. The molecule has 0 aliphatic rings. The van der Waals surface area contributed by atoms with Gasteiger partial charge >= 0.3 is 0 Å². The average molecular weight is 286 g/mol. The molecule has 2 rings (SSSR count). The summed E-state index contributed by atoms with van der Waals surface area (Å²) >= 11 is 0. The fraction of sp³-hybridized carbons (Fsp3) is 0.353. The Morgan fingerprint density at radius 1 is 1.14 bits per heavy atom. The normalized spacial score (nSPS) is 12.0. The first kappa shape index (κ1) is 15.3. The van der Waals surface area contributed by atoms with Gasteiger partial charge in [0.25, 0.3) is 0 Å². The number of ether oxygens (including phenoxy) is 2. The molecular formula is C17H22N2O2. The van der Waals surface area contributed by atoms with Crippen molar-refractivity contribution in [2.45, 2.75) is 32.9 Å². The minimum Gasteiger partial charge on any atom is -0.497 e. The molecule has 0 saturated carbocycles. The summed E-state index contributed by atoms with van der Waals surface area (Å²) in [5.74, 6) is 1.62. The highest BCUT2D eigenvalue weighted by Crippen LogP contribution is 2.17. The number of methoxy groups -OCH3 is 1. The summed E-state index contributed by atoms with van der Waals surface area (Å²) in [4.78, 5) is 4.43. The molecule has 0 amide bonds. The van der Waals surface area contributed by atoms with Gasteiger partial charge in [0, 0.05) is 23.9 Å². The second kappa shape index (κ2) is 7.09. The zero-order valence-electron chi connectivity index (χ0n) is 12.8. The van der Waals surface area contributed by atoms with Gasteiger partial charge in [-0.1, -0.05) is 12.1 Å². The van der Waals surface area contributed by atoms with E-state index in [2.05, 4.69) is 4.98 Å². The van der Waals surface area contributed by atoms with Gasteiger partial charge in [-0.15, -0.1) is 0 Å². The molecule has 0 saturated heterocycles. The maximum Gasteiger partial charge on any atom is 0.130 e. The van der Waals surface area contributed by atoms with Crippen molar-refractivity contribution >= 4 is 0 Å². The van der Waals surface area contributed by atoms with Gasteiger partial charge in [-0.05, 0) is 38.0 Å². The SMILES string of the molecule is COc1cc(C)nc(COc2ccc(CC(C)N)cc2)c1. The average Bonchev–Trinajstić information content (AvgIpc) is 2.45. The number of benzene rings is 1. The van der Waals surface area contributed by atoms with Crippen LogP contribution in [0.15, 0.2) is 36.4 Å². The van der Waals surface area contributed by atoms with E-state index in [-0.39, 0.29) is 6.04 Å². The lowest BCUT2D eigenvalue weighted by atomic mass is 10.1. The summed E-state index contributed by atoms with van der Waals surface area (Å²) in [5, 5.41) is 0. The van der Waals surface area contributed by atoms with Crippen LogP contribution in [0, 0.1) is 6.92 Å². The summed E-state index contributed by atoms with van der Waals surface area (Å²) in [6.45, 7) is 4.36. The van der Waals surface area contributed by atoms with E-state index in [1.807, 2.05) is 50.2 Å². The summed E-state index contributed by atoms with van der Waals surface area (Å²) in [7, 11) is 1.65. The molecule has 1 aromatic carbocycles. The van der Waals surface area contributed by atoms with Crippen LogP contribution in [0.1, 0.15) is 23.9 Å². The van der Waals surface area contributed by atoms with E-state index in [1.165, 1.54) is 5.56 Å². The molecule has 1 unspecified atom stereocenters. The lowest BCUT2D eigenvalue weighted by molar-refractivity contribution is 0.299. The van der Waals surface area contributed by atoms with Gasteiger partial charge in [-0.2, -0.15) is 0 Å².